The van der Waals surface area contributed by atoms with Gasteiger partial charge in [0.2, 0.25) is 0 Å². The summed E-state index contributed by atoms with van der Waals surface area (Å²) in [5, 5.41) is 10.9. The van der Waals surface area contributed by atoms with Gasteiger partial charge in [-0.2, -0.15) is 0 Å². The Labute approximate surface area is 170 Å². The van der Waals surface area contributed by atoms with Gasteiger partial charge >= 0.3 is 0 Å². The summed E-state index contributed by atoms with van der Waals surface area (Å²) in [7, 11) is 0. The summed E-state index contributed by atoms with van der Waals surface area (Å²) in [5.41, 5.74) is 4.07. The topological polar surface area (TPSA) is 32.7 Å². The number of fused-ring (bicyclic) bond motifs is 2. The monoisotopic (exact) mass is 381 g/mol. The van der Waals surface area contributed by atoms with E-state index in [4.69, 9.17) is 11.2 Å². The van der Waals surface area contributed by atoms with Gasteiger partial charge in [-0.15, -0.1) is 6.42 Å². The Morgan fingerprint density at radius 2 is 2.00 bits per heavy atom. The molecule has 1 aromatic carbocycles. The summed E-state index contributed by atoms with van der Waals surface area (Å²) in [6.07, 6.45) is 10.5. The first-order valence-electron chi connectivity index (χ1n) is 10.7. The predicted octanol–water partition coefficient (Wildman–Crippen LogP) is 5.59. The molecule has 2 unspecified atom stereocenters. The molecule has 0 aliphatic carbocycles. The number of unbranched alkanes of at least 4 members (excludes halogenated alkanes) is 2. The quantitative estimate of drug-likeness (QED) is 0.494. The van der Waals surface area contributed by atoms with Crippen molar-refractivity contribution < 1.29 is 9.84 Å². The number of terminal acetylenes is 1. The summed E-state index contributed by atoms with van der Waals surface area (Å²) in [6.45, 7) is 13.2. The Kier molecular flexibility index (Phi) is 6.10. The van der Waals surface area contributed by atoms with Crippen LogP contribution in [0.2, 0.25) is 0 Å². The van der Waals surface area contributed by atoms with E-state index in [9.17, 15) is 5.11 Å². The number of rotatable bonds is 7. The van der Waals surface area contributed by atoms with E-state index in [1.165, 1.54) is 42.4 Å². The predicted molar refractivity (Wildman–Crippen MR) is 117 cm³/mol. The standard InChI is InChI=1S/C25H35NO2/c1-7-9-10-11-17(3)18(4)19-13-22(27)24-20-15-26(12-8-2)16-21(20)25(5,6)28-23(24)14-19/h2,13-14,17-18,27H,7,9-12,15-16H2,1,3-6H3. The van der Waals surface area contributed by atoms with E-state index in [2.05, 4.69) is 51.5 Å². The molecule has 2 aliphatic rings. The van der Waals surface area contributed by atoms with Gasteiger partial charge in [0.25, 0.3) is 0 Å². The van der Waals surface area contributed by atoms with Crippen molar-refractivity contribution in [3.05, 3.63) is 28.8 Å². The second-order valence-corrected chi connectivity index (χ2v) is 9.09. The zero-order valence-electron chi connectivity index (χ0n) is 18.1. The van der Waals surface area contributed by atoms with Crippen molar-refractivity contribution >= 4 is 5.57 Å². The minimum Gasteiger partial charge on any atom is -0.507 e. The largest absolute Gasteiger partial charge is 0.507 e. The highest BCUT2D eigenvalue weighted by Crippen LogP contribution is 2.49. The van der Waals surface area contributed by atoms with Gasteiger partial charge in [-0.05, 0) is 54.5 Å². The summed E-state index contributed by atoms with van der Waals surface area (Å²) in [6, 6.07) is 4.11. The molecule has 3 nitrogen and oxygen atoms in total. The Morgan fingerprint density at radius 1 is 1.25 bits per heavy atom. The molecule has 0 saturated heterocycles. The number of benzene rings is 1. The zero-order chi connectivity index (χ0) is 20.5. The van der Waals surface area contributed by atoms with Crippen LogP contribution in [0.25, 0.3) is 5.57 Å². The van der Waals surface area contributed by atoms with Gasteiger partial charge in [-0.25, -0.2) is 0 Å². The Balaban J connectivity index is 1.91. The summed E-state index contributed by atoms with van der Waals surface area (Å²) < 4.78 is 6.41. The first-order chi connectivity index (χ1) is 13.3. The van der Waals surface area contributed by atoms with Crippen LogP contribution in [-0.4, -0.2) is 35.2 Å². The highest BCUT2D eigenvalue weighted by atomic mass is 16.5. The number of aromatic hydroxyl groups is 1. The zero-order valence-corrected chi connectivity index (χ0v) is 18.1. The highest BCUT2D eigenvalue weighted by molar-refractivity contribution is 5.83. The van der Waals surface area contributed by atoms with E-state index in [1.807, 2.05) is 6.07 Å². The lowest BCUT2D eigenvalue weighted by Crippen LogP contribution is -2.36. The molecule has 1 aromatic rings. The lowest BCUT2D eigenvalue weighted by Gasteiger charge is -2.35. The van der Waals surface area contributed by atoms with E-state index in [0.717, 1.165) is 24.4 Å². The average Bonchev–Trinajstić information content (AvgIpc) is 3.05. The second-order valence-electron chi connectivity index (χ2n) is 9.09. The van der Waals surface area contributed by atoms with Crippen LogP contribution in [0, 0.1) is 18.3 Å². The van der Waals surface area contributed by atoms with E-state index < -0.39 is 0 Å². The molecule has 152 valence electrons. The number of hydrogen-bond donors (Lipinski definition) is 1. The summed E-state index contributed by atoms with van der Waals surface area (Å²) in [5.74, 6) is 4.85. The van der Waals surface area contributed by atoms with Gasteiger partial charge < -0.3 is 9.84 Å². The molecule has 0 saturated carbocycles. The molecule has 2 aliphatic heterocycles. The molecule has 0 fully saturated rings. The fraction of sp³-hybridized carbons (Fsp3) is 0.600. The molecule has 0 bridgehead atoms. The van der Waals surface area contributed by atoms with E-state index in [-0.39, 0.29) is 5.60 Å². The normalized spacial score (nSPS) is 20.1. The van der Waals surface area contributed by atoms with Crippen LogP contribution in [0.1, 0.15) is 77.3 Å². The third-order valence-electron chi connectivity index (χ3n) is 6.58. The van der Waals surface area contributed by atoms with Crippen LogP contribution < -0.4 is 4.74 Å². The number of ether oxygens (including phenoxy) is 1. The summed E-state index contributed by atoms with van der Waals surface area (Å²) in [4.78, 5) is 2.23. The maximum atomic E-state index is 10.9. The smallest absolute Gasteiger partial charge is 0.132 e. The molecule has 0 aromatic heterocycles. The van der Waals surface area contributed by atoms with Gasteiger partial charge in [0.15, 0.2) is 0 Å². The fourth-order valence-corrected chi connectivity index (χ4v) is 4.62. The van der Waals surface area contributed by atoms with E-state index in [1.54, 1.807) is 0 Å². The van der Waals surface area contributed by atoms with Gasteiger partial charge in [0.1, 0.15) is 17.1 Å². The van der Waals surface area contributed by atoms with Gasteiger partial charge in [0.05, 0.1) is 12.1 Å². The van der Waals surface area contributed by atoms with Crippen molar-refractivity contribution in [2.45, 2.75) is 71.8 Å². The maximum absolute atomic E-state index is 10.9. The molecule has 28 heavy (non-hydrogen) atoms. The van der Waals surface area contributed by atoms with Crippen LogP contribution in [0.3, 0.4) is 0 Å². The van der Waals surface area contributed by atoms with Crippen LogP contribution in [-0.2, 0) is 0 Å². The third kappa shape index (κ3) is 3.94. The molecule has 3 rings (SSSR count). The SMILES string of the molecule is C#CCN1CC2=C(C1)C(C)(C)Oc1cc(C(C)C(C)CCCCC)cc(O)c12. The Morgan fingerprint density at radius 3 is 2.68 bits per heavy atom. The number of nitrogens with zero attached hydrogens (tertiary/aromatic N) is 1. The van der Waals surface area contributed by atoms with Crippen LogP contribution in [0.5, 0.6) is 11.5 Å². The van der Waals surface area contributed by atoms with E-state index >= 15 is 0 Å². The number of hydrogen-bond acceptors (Lipinski definition) is 3. The average molecular weight is 382 g/mol. The molecule has 1 N–H and O–H groups in total. The molecule has 3 heteroatoms. The van der Waals surface area contributed by atoms with Gasteiger partial charge in [-0.1, -0.05) is 52.4 Å². The number of phenolic OH excluding ortho intramolecular Hbond substituents is 1. The van der Waals surface area contributed by atoms with Gasteiger partial charge in [0, 0.05) is 13.1 Å². The molecule has 2 heterocycles. The van der Waals surface area contributed by atoms with Crippen molar-refractivity contribution in [1.82, 2.24) is 4.90 Å². The third-order valence-corrected chi connectivity index (χ3v) is 6.58. The minimum atomic E-state index is -0.382. The van der Waals surface area contributed by atoms with Crippen LogP contribution in [0.4, 0.5) is 0 Å². The van der Waals surface area contributed by atoms with Crippen molar-refractivity contribution in [2.75, 3.05) is 19.6 Å². The first-order valence-corrected chi connectivity index (χ1v) is 10.7. The molecule has 2 atom stereocenters. The lowest BCUT2D eigenvalue weighted by atomic mass is 9.82. The molecular weight excluding hydrogens is 346 g/mol. The minimum absolute atomic E-state index is 0.339. The second kappa shape index (κ2) is 8.21. The highest BCUT2D eigenvalue weighted by Gasteiger charge is 2.41. The number of phenols is 1. The molecular formula is C25H35NO2. The van der Waals surface area contributed by atoms with Crippen LogP contribution in [0.15, 0.2) is 17.7 Å². The summed E-state index contributed by atoms with van der Waals surface area (Å²) >= 11 is 0. The lowest BCUT2D eigenvalue weighted by molar-refractivity contribution is 0.139. The van der Waals surface area contributed by atoms with Crippen molar-refractivity contribution in [3.8, 4) is 23.8 Å². The van der Waals surface area contributed by atoms with Gasteiger partial charge in [-0.3, -0.25) is 4.90 Å². The fourth-order valence-electron chi connectivity index (χ4n) is 4.62. The van der Waals surface area contributed by atoms with Crippen molar-refractivity contribution in [3.63, 3.8) is 0 Å². The first kappa shape index (κ1) is 20.8. The van der Waals surface area contributed by atoms with Crippen molar-refractivity contribution in [1.29, 1.82) is 0 Å². The van der Waals surface area contributed by atoms with Crippen molar-refractivity contribution in [2.24, 2.45) is 5.92 Å². The molecule has 0 spiro atoms. The van der Waals surface area contributed by atoms with E-state index in [0.29, 0.717) is 24.1 Å². The Bertz CT molecular complexity index is 800. The van der Waals surface area contributed by atoms with Crippen LogP contribution >= 0.6 is 0 Å². The Hall–Kier alpha value is -1.92. The molecule has 0 radical (unpaired) electrons. The maximum Gasteiger partial charge on any atom is 0.132 e. The molecule has 0 amide bonds.